The fourth-order valence-electron chi connectivity index (χ4n) is 2.70. The molecular weight excluding hydrogens is 342 g/mol. The first kappa shape index (κ1) is 18.9. The van der Waals surface area contributed by atoms with Crippen LogP contribution in [0.2, 0.25) is 0 Å². The van der Waals surface area contributed by atoms with Crippen LogP contribution < -0.4 is 10.5 Å². The van der Waals surface area contributed by atoms with Crippen molar-refractivity contribution >= 4 is 21.4 Å². The van der Waals surface area contributed by atoms with Crippen LogP contribution in [0.4, 0.5) is 11.4 Å². The van der Waals surface area contributed by atoms with Crippen LogP contribution in [-0.2, 0) is 16.4 Å². The van der Waals surface area contributed by atoms with Gasteiger partial charge in [0.1, 0.15) is 4.90 Å². The average molecular weight is 363 g/mol. The summed E-state index contributed by atoms with van der Waals surface area (Å²) in [5.74, 6) is 0. The van der Waals surface area contributed by atoms with Crippen LogP contribution in [-0.4, -0.2) is 19.4 Å². The highest BCUT2D eigenvalue weighted by Gasteiger charge is 2.20. The van der Waals surface area contributed by atoms with E-state index in [-0.39, 0.29) is 22.3 Å². The van der Waals surface area contributed by atoms with Crippen molar-refractivity contribution in [1.82, 2.24) is 0 Å². The number of nitrogens with two attached hydrogens (primary N) is 1. The zero-order valence-corrected chi connectivity index (χ0v) is 15.1. The van der Waals surface area contributed by atoms with Crippen LogP contribution in [0.3, 0.4) is 0 Å². The molecule has 8 heteroatoms. The minimum atomic E-state index is -4.09. The Balaban J connectivity index is 2.28. The number of primary sulfonamides is 1. The van der Waals surface area contributed by atoms with E-state index in [1.165, 1.54) is 17.7 Å². The van der Waals surface area contributed by atoms with Gasteiger partial charge in [0.05, 0.1) is 10.6 Å². The van der Waals surface area contributed by atoms with Gasteiger partial charge in [0.25, 0.3) is 5.69 Å². The fourth-order valence-corrected chi connectivity index (χ4v) is 3.42. The molecule has 1 unspecified atom stereocenters. The van der Waals surface area contributed by atoms with E-state index in [0.29, 0.717) is 6.42 Å². The van der Waals surface area contributed by atoms with Gasteiger partial charge in [-0.15, -0.1) is 0 Å². The Morgan fingerprint density at radius 2 is 1.88 bits per heavy atom. The number of anilines is 1. The molecule has 0 aliphatic rings. The van der Waals surface area contributed by atoms with Crippen molar-refractivity contribution in [2.75, 3.05) is 5.32 Å². The number of nitrogens with zero attached hydrogens (tertiary/aromatic N) is 1. The van der Waals surface area contributed by atoms with Crippen molar-refractivity contribution < 1.29 is 13.3 Å². The number of nitro benzene ring substituents is 1. The van der Waals surface area contributed by atoms with Crippen molar-refractivity contribution in [2.24, 2.45) is 5.14 Å². The number of aryl methyl sites for hydroxylation is 2. The SMILES string of the molecule is Cc1ccc(CC(C)Nc2ccc([N+](=O)[O-])cc2S(N)(=O)=O)c(C)c1. The van der Waals surface area contributed by atoms with E-state index < -0.39 is 14.9 Å². The largest absolute Gasteiger partial charge is 0.381 e. The normalized spacial score (nSPS) is 12.6. The highest BCUT2D eigenvalue weighted by atomic mass is 32.2. The molecule has 0 amide bonds. The Bertz CT molecular complexity index is 910. The van der Waals surface area contributed by atoms with Crippen molar-refractivity contribution in [1.29, 1.82) is 0 Å². The number of nitrogens with one attached hydrogen (secondary N) is 1. The minimum Gasteiger partial charge on any atom is -0.381 e. The second kappa shape index (κ2) is 7.20. The lowest BCUT2D eigenvalue weighted by Crippen LogP contribution is -2.22. The molecule has 0 aliphatic carbocycles. The summed E-state index contributed by atoms with van der Waals surface area (Å²) in [4.78, 5) is 9.93. The lowest BCUT2D eigenvalue weighted by atomic mass is 10.00. The predicted molar refractivity (Wildman–Crippen MR) is 97.2 cm³/mol. The molecule has 0 heterocycles. The third-order valence-electron chi connectivity index (χ3n) is 3.91. The van der Waals surface area contributed by atoms with Gasteiger partial charge in [-0.1, -0.05) is 23.8 Å². The predicted octanol–water partition coefficient (Wildman–Crippen LogP) is 2.90. The number of hydrogen-bond acceptors (Lipinski definition) is 5. The summed E-state index contributed by atoms with van der Waals surface area (Å²) >= 11 is 0. The van der Waals surface area contributed by atoms with Gasteiger partial charge in [0.2, 0.25) is 10.0 Å². The standard InChI is InChI=1S/C17H21N3O4S/c1-11-4-5-14(12(2)8-11)9-13(3)19-16-7-6-15(20(21)22)10-17(16)25(18,23)24/h4-8,10,13,19H,9H2,1-3H3,(H2,18,23,24). The topological polar surface area (TPSA) is 115 Å². The summed E-state index contributed by atoms with van der Waals surface area (Å²) in [6.45, 7) is 5.96. The maximum absolute atomic E-state index is 11.8. The van der Waals surface area contributed by atoms with Gasteiger partial charge in [0, 0.05) is 18.2 Å². The Kier molecular flexibility index (Phi) is 5.44. The molecule has 25 heavy (non-hydrogen) atoms. The maximum atomic E-state index is 11.8. The molecule has 0 aromatic heterocycles. The summed E-state index contributed by atoms with van der Waals surface area (Å²) in [5.41, 5.74) is 3.41. The van der Waals surface area contributed by atoms with Crippen LogP contribution in [0.1, 0.15) is 23.6 Å². The lowest BCUT2D eigenvalue weighted by Gasteiger charge is -2.18. The number of sulfonamides is 1. The lowest BCUT2D eigenvalue weighted by molar-refractivity contribution is -0.385. The van der Waals surface area contributed by atoms with Crippen molar-refractivity contribution in [3.8, 4) is 0 Å². The first-order valence-corrected chi connectivity index (χ1v) is 9.26. The molecule has 0 fully saturated rings. The summed E-state index contributed by atoms with van der Waals surface area (Å²) in [5, 5.41) is 19.2. The Morgan fingerprint density at radius 3 is 2.44 bits per heavy atom. The molecule has 0 spiro atoms. The van der Waals surface area contributed by atoms with E-state index in [0.717, 1.165) is 17.2 Å². The molecule has 0 saturated carbocycles. The zero-order valence-electron chi connectivity index (χ0n) is 14.3. The molecule has 134 valence electrons. The number of nitro groups is 1. The third-order valence-corrected chi connectivity index (χ3v) is 4.86. The van der Waals surface area contributed by atoms with Gasteiger partial charge in [-0.05, 0) is 44.4 Å². The molecule has 2 rings (SSSR count). The van der Waals surface area contributed by atoms with Crippen molar-refractivity contribution in [3.05, 3.63) is 63.2 Å². The van der Waals surface area contributed by atoms with Gasteiger partial charge >= 0.3 is 0 Å². The van der Waals surface area contributed by atoms with Gasteiger partial charge < -0.3 is 5.32 Å². The fraction of sp³-hybridized carbons (Fsp3) is 0.294. The molecular formula is C17H21N3O4S. The van der Waals surface area contributed by atoms with E-state index >= 15 is 0 Å². The highest BCUT2D eigenvalue weighted by Crippen LogP contribution is 2.26. The van der Waals surface area contributed by atoms with Crippen LogP contribution in [0.5, 0.6) is 0 Å². The first-order valence-electron chi connectivity index (χ1n) is 7.72. The Labute approximate surface area is 147 Å². The van der Waals surface area contributed by atoms with Crippen LogP contribution in [0.15, 0.2) is 41.3 Å². The van der Waals surface area contributed by atoms with Crippen LogP contribution in [0, 0.1) is 24.0 Å². The third kappa shape index (κ3) is 4.77. The average Bonchev–Trinajstić information content (AvgIpc) is 2.49. The van der Waals surface area contributed by atoms with E-state index in [4.69, 9.17) is 5.14 Å². The van der Waals surface area contributed by atoms with E-state index in [9.17, 15) is 18.5 Å². The van der Waals surface area contributed by atoms with E-state index in [1.807, 2.05) is 32.9 Å². The monoisotopic (exact) mass is 363 g/mol. The molecule has 7 nitrogen and oxygen atoms in total. The van der Waals surface area contributed by atoms with Gasteiger partial charge in [-0.2, -0.15) is 0 Å². The molecule has 2 aromatic carbocycles. The first-order chi connectivity index (χ1) is 11.6. The van der Waals surface area contributed by atoms with Crippen molar-refractivity contribution in [3.63, 3.8) is 0 Å². The number of rotatable bonds is 6. The van der Waals surface area contributed by atoms with Gasteiger partial charge in [0.15, 0.2) is 0 Å². The Hall–Kier alpha value is -2.45. The second-order valence-electron chi connectivity index (χ2n) is 6.16. The number of hydrogen-bond donors (Lipinski definition) is 2. The van der Waals surface area contributed by atoms with Crippen molar-refractivity contribution in [2.45, 2.75) is 38.1 Å². The number of benzene rings is 2. The molecule has 0 bridgehead atoms. The van der Waals surface area contributed by atoms with E-state index in [2.05, 4.69) is 11.4 Å². The highest BCUT2D eigenvalue weighted by molar-refractivity contribution is 7.89. The summed E-state index contributed by atoms with van der Waals surface area (Å²) in [6.07, 6.45) is 0.674. The maximum Gasteiger partial charge on any atom is 0.270 e. The summed E-state index contributed by atoms with van der Waals surface area (Å²) in [7, 11) is -4.09. The van der Waals surface area contributed by atoms with Crippen LogP contribution in [0.25, 0.3) is 0 Å². The van der Waals surface area contributed by atoms with Gasteiger partial charge in [-0.25, -0.2) is 13.6 Å². The quantitative estimate of drug-likeness (QED) is 0.605. The molecule has 0 radical (unpaired) electrons. The molecule has 3 N–H and O–H groups in total. The summed E-state index contributed by atoms with van der Waals surface area (Å²) < 4.78 is 23.6. The molecule has 0 aliphatic heterocycles. The molecule has 2 aromatic rings. The molecule has 1 atom stereocenters. The van der Waals surface area contributed by atoms with Gasteiger partial charge in [-0.3, -0.25) is 10.1 Å². The second-order valence-corrected chi connectivity index (χ2v) is 7.69. The van der Waals surface area contributed by atoms with E-state index in [1.54, 1.807) is 0 Å². The number of non-ortho nitro benzene ring substituents is 1. The minimum absolute atomic E-state index is 0.0941. The molecule has 0 saturated heterocycles. The summed E-state index contributed by atoms with van der Waals surface area (Å²) in [6, 6.07) is 9.65. The Morgan fingerprint density at radius 1 is 1.20 bits per heavy atom. The van der Waals surface area contributed by atoms with Crippen LogP contribution >= 0.6 is 0 Å². The zero-order chi connectivity index (χ0) is 18.8. The smallest absolute Gasteiger partial charge is 0.270 e.